The molecule has 0 amide bonds. The second-order valence-electron chi connectivity index (χ2n) is 6.54. The molecular formula is C24H20O3. The van der Waals surface area contributed by atoms with E-state index in [1.165, 1.54) is 6.08 Å². The van der Waals surface area contributed by atoms with Crippen LogP contribution in [0.2, 0.25) is 0 Å². The van der Waals surface area contributed by atoms with Crippen LogP contribution in [0, 0.1) is 0 Å². The summed E-state index contributed by atoms with van der Waals surface area (Å²) in [5.74, 6) is 0.0299. The third-order valence-electron chi connectivity index (χ3n) is 4.82. The minimum Gasteiger partial charge on any atom is -0.423 e. The zero-order valence-corrected chi connectivity index (χ0v) is 15.1. The molecule has 0 radical (unpaired) electrons. The number of carbonyl (C=O) groups excluding carboxylic acids is 1. The molecule has 0 bridgehead atoms. The van der Waals surface area contributed by atoms with Gasteiger partial charge in [0.25, 0.3) is 0 Å². The smallest absolute Gasteiger partial charge is 0.335 e. The standard InChI is InChI=1S/C24H20O3/c1-2-7-22(26)27-21-15-13-17-9-4-6-11-19(17)24(21)23-18-10-5-3-8-16(18)12-14-20(23)25/h2-13,15,20,25H,14H2,1H3/b7-2+/t20-/m1/s1. The molecule has 3 nitrogen and oxygen atoms in total. The van der Waals surface area contributed by atoms with Crippen LogP contribution in [0.4, 0.5) is 0 Å². The Kier molecular flexibility index (Phi) is 4.61. The third-order valence-corrected chi connectivity index (χ3v) is 4.82. The van der Waals surface area contributed by atoms with Gasteiger partial charge in [-0.05, 0) is 40.6 Å². The van der Waals surface area contributed by atoms with Crippen molar-refractivity contribution in [2.75, 3.05) is 0 Å². The van der Waals surface area contributed by atoms with Gasteiger partial charge in [0.05, 0.1) is 6.10 Å². The molecule has 4 rings (SSSR count). The highest BCUT2D eigenvalue weighted by atomic mass is 16.5. The summed E-state index contributed by atoms with van der Waals surface area (Å²) < 4.78 is 5.64. The molecule has 1 N–H and O–H groups in total. The van der Waals surface area contributed by atoms with E-state index < -0.39 is 12.1 Å². The van der Waals surface area contributed by atoms with Gasteiger partial charge in [-0.25, -0.2) is 4.79 Å². The largest absolute Gasteiger partial charge is 0.423 e. The lowest BCUT2D eigenvalue weighted by Gasteiger charge is -2.22. The summed E-state index contributed by atoms with van der Waals surface area (Å²) in [7, 11) is 0. The quantitative estimate of drug-likeness (QED) is 0.446. The summed E-state index contributed by atoms with van der Waals surface area (Å²) in [5, 5.41) is 14.9. The number of fused-ring (bicyclic) bond motifs is 2. The molecule has 3 heteroatoms. The summed E-state index contributed by atoms with van der Waals surface area (Å²) in [6.45, 7) is 1.77. The fourth-order valence-electron chi connectivity index (χ4n) is 3.65. The van der Waals surface area contributed by atoms with E-state index in [0.717, 1.165) is 32.3 Å². The van der Waals surface area contributed by atoms with Crippen LogP contribution in [0.25, 0.3) is 22.4 Å². The number of esters is 1. The number of aliphatic hydroxyl groups excluding tert-OH is 1. The molecule has 27 heavy (non-hydrogen) atoms. The van der Waals surface area contributed by atoms with E-state index in [-0.39, 0.29) is 0 Å². The Morgan fingerprint density at radius 2 is 1.85 bits per heavy atom. The van der Waals surface area contributed by atoms with Gasteiger partial charge >= 0.3 is 5.97 Å². The van der Waals surface area contributed by atoms with Crippen LogP contribution in [0.15, 0.2) is 72.8 Å². The summed E-state index contributed by atoms with van der Waals surface area (Å²) in [4.78, 5) is 12.1. The maximum absolute atomic E-state index is 12.1. The van der Waals surface area contributed by atoms with Crippen LogP contribution >= 0.6 is 0 Å². The Balaban J connectivity index is 2.08. The predicted molar refractivity (Wildman–Crippen MR) is 108 cm³/mol. The zero-order chi connectivity index (χ0) is 18.8. The van der Waals surface area contributed by atoms with Crippen LogP contribution < -0.4 is 15.2 Å². The first-order chi connectivity index (χ1) is 13.2. The highest BCUT2D eigenvalue weighted by molar-refractivity contribution is 5.98. The first-order valence-electron chi connectivity index (χ1n) is 9.03. The van der Waals surface area contributed by atoms with Crippen molar-refractivity contribution in [3.63, 3.8) is 0 Å². The molecule has 1 aliphatic carbocycles. The fraction of sp³-hybridized carbons (Fsp3) is 0.125. The van der Waals surface area contributed by atoms with Crippen molar-refractivity contribution in [2.24, 2.45) is 0 Å². The summed E-state index contributed by atoms with van der Waals surface area (Å²) in [6.07, 6.45) is 4.95. The minimum atomic E-state index is -0.662. The van der Waals surface area contributed by atoms with E-state index in [9.17, 15) is 9.90 Å². The molecular weight excluding hydrogens is 336 g/mol. The first kappa shape index (κ1) is 17.3. The van der Waals surface area contributed by atoms with Gasteiger partial charge in [0.15, 0.2) is 0 Å². The van der Waals surface area contributed by atoms with Crippen molar-refractivity contribution >= 4 is 28.4 Å². The van der Waals surface area contributed by atoms with Crippen LogP contribution in [0.5, 0.6) is 5.75 Å². The van der Waals surface area contributed by atoms with Gasteiger partial charge in [-0.1, -0.05) is 66.7 Å². The predicted octanol–water partition coefficient (Wildman–Crippen LogP) is 3.07. The average Bonchev–Trinajstić information content (AvgIpc) is 2.69. The van der Waals surface area contributed by atoms with Gasteiger partial charge in [-0.3, -0.25) is 0 Å². The van der Waals surface area contributed by atoms with Crippen molar-refractivity contribution in [3.8, 4) is 5.75 Å². The molecule has 3 aromatic rings. The lowest BCUT2D eigenvalue weighted by Crippen LogP contribution is -2.35. The number of hydrogen-bond donors (Lipinski definition) is 1. The number of ether oxygens (including phenoxy) is 1. The molecule has 0 heterocycles. The van der Waals surface area contributed by atoms with Crippen molar-refractivity contribution in [1.82, 2.24) is 0 Å². The van der Waals surface area contributed by atoms with Crippen molar-refractivity contribution in [3.05, 3.63) is 88.8 Å². The molecule has 0 fully saturated rings. The molecule has 3 aromatic carbocycles. The van der Waals surface area contributed by atoms with Crippen LogP contribution in [-0.4, -0.2) is 17.2 Å². The van der Waals surface area contributed by atoms with E-state index in [1.54, 1.807) is 19.1 Å². The lowest BCUT2D eigenvalue weighted by atomic mass is 9.88. The Hall–Kier alpha value is -3.17. The number of carbonyl (C=O) groups is 1. The Labute approximate surface area is 157 Å². The van der Waals surface area contributed by atoms with Crippen LogP contribution in [-0.2, 0) is 4.79 Å². The van der Waals surface area contributed by atoms with Crippen molar-refractivity contribution in [1.29, 1.82) is 0 Å². The first-order valence-corrected chi connectivity index (χ1v) is 9.03. The number of allylic oxidation sites excluding steroid dienone is 1. The molecule has 0 saturated carbocycles. The second kappa shape index (κ2) is 7.22. The highest BCUT2D eigenvalue weighted by Crippen LogP contribution is 2.35. The van der Waals surface area contributed by atoms with E-state index >= 15 is 0 Å². The van der Waals surface area contributed by atoms with E-state index in [1.807, 2.05) is 60.7 Å². The van der Waals surface area contributed by atoms with E-state index in [4.69, 9.17) is 4.74 Å². The fourth-order valence-corrected chi connectivity index (χ4v) is 3.65. The van der Waals surface area contributed by atoms with Gasteiger partial charge in [0.1, 0.15) is 5.75 Å². The molecule has 0 saturated heterocycles. The Morgan fingerprint density at radius 1 is 1.07 bits per heavy atom. The monoisotopic (exact) mass is 356 g/mol. The van der Waals surface area contributed by atoms with Gasteiger partial charge in [-0.2, -0.15) is 0 Å². The minimum absolute atomic E-state index is 0.431. The Bertz CT molecular complexity index is 1170. The SMILES string of the molecule is C/C=C/C(=O)Oc1ccc2ccccc2c1C1=c2ccccc2=CC[C@H]1O. The van der Waals surface area contributed by atoms with Crippen LogP contribution in [0.1, 0.15) is 18.9 Å². The van der Waals surface area contributed by atoms with Gasteiger partial charge < -0.3 is 9.84 Å². The number of aliphatic hydroxyl groups is 1. The van der Waals surface area contributed by atoms with Gasteiger partial charge in [0.2, 0.25) is 0 Å². The van der Waals surface area contributed by atoms with Crippen molar-refractivity contribution < 1.29 is 14.6 Å². The van der Waals surface area contributed by atoms with Gasteiger partial charge in [-0.15, -0.1) is 0 Å². The molecule has 0 unspecified atom stereocenters. The number of rotatable bonds is 3. The highest BCUT2D eigenvalue weighted by Gasteiger charge is 2.23. The second-order valence-corrected chi connectivity index (χ2v) is 6.54. The zero-order valence-electron chi connectivity index (χ0n) is 15.1. The number of benzene rings is 3. The Morgan fingerprint density at radius 3 is 2.70 bits per heavy atom. The summed E-state index contributed by atoms with van der Waals surface area (Å²) in [6, 6.07) is 19.7. The molecule has 1 aliphatic rings. The molecule has 0 aliphatic heterocycles. The molecule has 134 valence electrons. The van der Waals surface area contributed by atoms with Crippen molar-refractivity contribution in [2.45, 2.75) is 19.4 Å². The average molecular weight is 356 g/mol. The topological polar surface area (TPSA) is 46.5 Å². The van der Waals surface area contributed by atoms with Crippen LogP contribution in [0.3, 0.4) is 0 Å². The third kappa shape index (κ3) is 3.18. The maximum atomic E-state index is 12.1. The molecule has 0 aromatic heterocycles. The summed E-state index contributed by atoms with van der Waals surface area (Å²) in [5.41, 5.74) is 1.58. The summed E-state index contributed by atoms with van der Waals surface area (Å²) >= 11 is 0. The van der Waals surface area contributed by atoms with E-state index in [0.29, 0.717) is 12.2 Å². The molecule has 0 spiro atoms. The number of hydrogen-bond acceptors (Lipinski definition) is 3. The molecule has 1 atom stereocenters. The lowest BCUT2D eigenvalue weighted by molar-refractivity contribution is -0.129. The maximum Gasteiger partial charge on any atom is 0.335 e. The van der Waals surface area contributed by atoms with E-state index in [2.05, 4.69) is 0 Å². The van der Waals surface area contributed by atoms with Gasteiger partial charge in [0, 0.05) is 17.2 Å². The normalized spacial score (nSPS) is 16.2.